The smallest absolute Gasteiger partial charge is 0.244 e. The molecule has 0 saturated carbocycles. The van der Waals surface area contributed by atoms with Crippen molar-refractivity contribution < 1.29 is 9.21 Å². The summed E-state index contributed by atoms with van der Waals surface area (Å²) in [5.74, 6) is 0.814. The average Bonchev–Trinajstić information content (AvgIpc) is 3.19. The van der Waals surface area contributed by atoms with Gasteiger partial charge in [0, 0.05) is 18.5 Å². The van der Waals surface area contributed by atoms with Gasteiger partial charge >= 0.3 is 0 Å². The SMILES string of the molecule is O=C(/C=C/c1ccco1)NCCC(c1ccccc1)c1ccccc1. The fourth-order valence-electron chi connectivity index (χ4n) is 2.84. The molecular weight excluding hydrogens is 310 g/mol. The minimum Gasteiger partial charge on any atom is -0.465 e. The monoisotopic (exact) mass is 331 g/mol. The van der Waals surface area contributed by atoms with E-state index >= 15 is 0 Å². The molecule has 126 valence electrons. The molecule has 1 heterocycles. The van der Waals surface area contributed by atoms with Crippen LogP contribution in [0.3, 0.4) is 0 Å². The quantitative estimate of drug-likeness (QED) is 0.641. The van der Waals surface area contributed by atoms with Gasteiger partial charge in [0.25, 0.3) is 0 Å². The van der Waals surface area contributed by atoms with Crippen molar-refractivity contribution in [2.45, 2.75) is 12.3 Å². The van der Waals surface area contributed by atoms with Gasteiger partial charge in [0.05, 0.1) is 6.26 Å². The summed E-state index contributed by atoms with van der Waals surface area (Å²) in [5, 5.41) is 2.95. The van der Waals surface area contributed by atoms with Crippen molar-refractivity contribution in [2.24, 2.45) is 0 Å². The van der Waals surface area contributed by atoms with E-state index in [0.717, 1.165) is 6.42 Å². The Labute approximate surface area is 148 Å². The fourth-order valence-corrected chi connectivity index (χ4v) is 2.84. The maximum absolute atomic E-state index is 12.0. The van der Waals surface area contributed by atoms with Crippen LogP contribution in [-0.2, 0) is 4.79 Å². The lowest BCUT2D eigenvalue weighted by atomic mass is 9.88. The van der Waals surface area contributed by atoms with Gasteiger partial charge in [0.2, 0.25) is 5.91 Å². The number of amides is 1. The second kappa shape index (κ2) is 8.69. The van der Waals surface area contributed by atoms with E-state index in [1.54, 1.807) is 18.4 Å². The Morgan fingerprint density at radius 1 is 0.920 bits per heavy atom. The third kappa shape index (κ3) is 4.95. The molecule has 2 aromatic carbocycles. The Morgan fingerprint density at radius 3 is 2.12 bits per heavy atom. The molecule has 1 amide bonds. The second-order valence-electron chi connectivity index (χ2n) is 5.80. The molecule has 0 aliphatic rings. The van der Waals surface area contributed by atoms with Crippen LogP contribution in [0.5, 0.6) is 0 Å². The summed E-state index contributed by atoms with van der Waals surface area (Å²) in [6.07, 6.45) is 5.59. The highest BCUT2D eigenvalue weighted by Crippen LogP contribution is 2.27. The molecule has 3 rings (SSSR count). The van der Waals surface area contributed by atoms with Gasteiger partial charge in [0.15, 0.2) is 0 Å². The Kier molecular flexibility index (Phi) is 5.83. The molecule has 1 aromatic heterocycles. The Morgan fingerprint density at radius 2 is 1.56 bits per heavy atom. The molecule has 0 fully saturated rings. The molecule has 0 atom stereocenters. The summed E-state index contributed by atoms with van der Waals surface area (Å²) < 4.78 is 5.18. The summed E-state index contributed by atoms with van der Waals surface area (Å²) in [6.45, 7) is 0.607. The van der Waals surface area contributed by atoms with Crippen LogP contribution in [0.15, 0.2) is 89.6 Å². The van der Waals surface area contributed by atoms with E-state index in [2.05, 4.69) is 53.8 Å². The van der Waals surface area contributed by atoms with E-state index in [9.17, 15) is 4.79 Å². The molecule has 3 nitrogen and oxygen atoms in total. The highest BCUT2D eigenvalue weighted by atomic mass is 16.3. The molecular formula is C22H21NO2. The van der Waals surface area contributed by atoms with Crippen LogP contribution in [0.4, 0.5) is 0 Å². The largest absolute Gasteiger partial charge is 0.465 e. The zero-order valence-electron chi connectivity index (χ0n) is 14.0. The van der Waals surface area contributed by atoms with Crippen molar-refractivity contribution in [2.75, 3.05) is 6.54 Å². The van der Waals surface area contributed by atoms with E-state index in [1.807, 2.05) is 18.2 Å². The van der Waals surface area contributed by atoms with E-state index in [1.165, 1.54) is 17.2 Å². The highest BCUT2D eigenvalue weighted by molar-refractivity contribution is 5.91. The number of nitrogens with one attached hydrogen (secondary N) is 1. The third-order valence-corrected chi connectivity index (χ3v) is 4.08. The first-order valence-corrected chi connectivity index (χ1v) is 8.42. The van der Waals surface area contributed by atoms with Crippen LogP contribution < -0.4 is 5.32 Å². The van der Waals surface area contributed by atoms with Crippen LogP contribution >= 0.6 is 0 Å². The molecule has 3 aromatic rings. The van der Waals surface area contributed by atoms with Gasteiger partial charge in [-0.2, -0.15) is 0 Å². The minimum atomic E-state index is -0.115. The van der Waals surface area contributed by atoms with Crippen molar-refractivity contribution in [1.29, 1.82) is 0 Å². The zero-order chi connectivity index (χ0) is 17.3. The van der Waals surface area contributed by atoms with Crippen LogP contribution in [0.2, 0.25) is 0 Å². The van der Waals surface area contributed by atoms with Crippen LogP contribution in [0.1, 0.15) is 29.2 Å². The van der Waals surface area contributed by atoms with Gasteiger partial charge in [-0.25, -0.2) is 0 Å². The molecule has 0 radical (unpaired) electrons. The zero-order valence-corrected chi connectivity index (χ0v) is 14.0. The van der Waals surface area contributed by atoms with Gasteiger partial charge in [-0.15, -0.1) is 0 Å². The number of benzene rings is 2. The predicted molar refractivity (Wildman–Crippen MR) is 100 cm³/mol. The maximum Gasteiger partial charge on any atom is 0.244 e. The summed E-state index contributed by atoms with van der Waals surface area (Å²) in [5.41, 5.74) is 2.52. The summed E-state index contributed by atoms with van der Waals surface area (Å²) in [7, 11) is 0. The number of carbonyl (C=O) groups excluding carboxylic acids is 1. The van der Waals surface area contributed by atoms with E-state index in [4.69, 9.17) is 4.42 Å². The molecule has 0 unspecified atom stereocenters. The number of hydrogen-bond donors (Lipinski definition) is 1. The maximum atomic E-state index is 12.0. The molecule has 0 aliphatic carbocycles. The molecule has 0 bridgehead atoms. The van der Waals surface area contributed by atoms with Crippen LogP contribution in [0.25, 0.3) is 6.08 Å². The first kappa shape index (κ1) is 16.8. The number of hydrogen-bond acceptors (Lipinski definition) is 2. The fraction of sp³-hybridized carbons (Fsp3) is 0.136. The Bertz CT molecular complexity index is 753. The standard InChI is InChI=1S/C22H21NO2/c24-22(14-13-20-12-7-17-25-20)23-16-15-21(18-8-3-1-4-9-18)19-10-5-2-6-11-19/h1-14,17,21H,15-16H2,(H,23,24)/b14-13+. The Balaban J connectivity index is 1.60. The average molecular weight is 331 g/mol. The lowest BCUT2D eigenvalue weighted by molar-refractivity contribution is -0.116. The molecule has 0 spiro atoms. The van der Waals surface area contributed by atoms with Crippen molar-refractivity contribution in [3.63, 3.8) is 0 Å². The lowest BCUT2D eigenvalue weighted by Crippen LogP contribution is -2.23. The van der Waals surface area contributed by atoms with Gasteiger partial charge in [0.1, 0.15) is 5.76 Å². The van der Waals surface area contributed by atoms with Crippen molar-refractivity contribution in [1.82, 2.24) is 5.32 Å². The van der Waals surface area contributed by atoms with Crippen molar-refractivity contribution in [3.05, 3.63) is 102 Å². The molecule has 1 N–H and O–H groups in total. The van der Waals surface area contributed by atoms with Gasteiger partial charge < -0.3 is 9.73 Å². The number of furan rings is 1. The number of rotatable bonds is 7. The van der Waals surface area contributed by atoms with E-state index in [-0.39, 0.29) is 11.8 Å². The first-order valence-electron chi connectivity index (χ1n) is 8.42. The predicted octanol–water partition coefficient (Wildman–Crippen LogP) is 4.63. The summed E-state index contributed by atoms with van der Waals surface area (Å²) in [4.78, 5) is 12.0. The van der Waals surface area contributed by atoms with Crippen LogP contribution in [-0.4, -0.2) is 12.5 Å². The third-order valence-electron chi connectivity index (χ3n) is 4.08. The molecule has 0 aliphatic heterocycles. The second-order valence-corrected chi connectivity index (χ2v) is 5.80. The lowest BCUT2D eigenvalue weighted by Gasteiger charge is -2.18. The molecule has 3 heteroatoms. The number of carbonyl (C=O) groups is 1. The van der Waals surface area contributed by atoms with Crippen LogP contribution in [0, 0.1) is 0 Å². The van der Waals surface area contributed by atoms with E-state index in [0.29, 0.717) is 12.3 Å². The van der Waals surface area contributed by atoms with Gasteiger partial charge in [-0.05, 0) is 35.8 Å². The normalized spacial score (nSPS) is 11.1. The van der Waals surface area contributed by atoms with Gasteiger partial charge in [-0.3, -0.25) is 4.79 Å². The molecule has 0 saturated heterocycles. The van der Waals surface area contributed by atoms with Crippen molar-refractivity contribution >= 4 is 12.0 Å². The minimum absolute atomic E-state index is 0.115. The topological polar surface area (TPSA) is 42.2 Å². The van der Waals surface area contributed by atoms with E-state index < -0.39 is 0 Å². The summed E-state index contributed by atoms with van der Waals surface area (Å²) >= 11 is 0. The van der Waals surface area contributed by atoms with Crippen molar-refractivity contribution in [3.8, 4) is 0 Å². The Hall–Kier alpha value is -3.07. The van der Waals surface area contributed by atoms with Gasteiger partial charge in [-0.1, -0.05) is 60.7 Å². The molecule has 25 heavy (non-hydrogen) atoms. The first-order chi connectivity index (χ1) is 12.3. The summed E-state index contributed by atoms with van der Waals surface area (Å²) in [6, 6.07) is 24.4. The highest BCUT2D eigenvalue weighted by Gasteiger charge is 2.13.